The summed E-state index contributed by atoms with van der Waals surface area (Å²) >= 11 is 0. The molecular formula is C67H108O5. The summed E-state index contributed by atoms with van der Waals surface area (Å²) in [6.45, 7) is 3.98. The third-order valence-electron chi connectivity index (χ3n) is 12.1. The summed E-state index contributed by atoms with van der Waals surface area (Å²) in [6, 6.07) is 0. The van der Waals surface area contributed by atoms with Crippen LogP contribution < -0.4 is 0 Å². The topological polar surface area (TPSA) is 72.8 Å². The van der Waals surface area contributed by atoms with Crippen LogP contribution in [0.15, 0.2) is 146 Å². The maximum atomic E-state index is 12.3. The van der Waals surface area contributed by atoms with Crippen LogP contribution in [-0.2, 0) is 19.1 Å². The van der Waals surface area contributed by atoms with Gasteiger partial charge >= 0.3 is 11.9 Å². The van der Waals surface area contributed by atoms with Crippen molar-refractivity contribution in [2.24, 2.45) is 0 Å². The van der Waals surface area contributed by atoms with Crippen LogP contribution in [0.5, 0.6) is 0 Å². The molecule has 0 aliphatic heterocycles. The van der Waals surface area contributed by atoms with Crippen molar-refractivity contribution in [2.75, 3.05) is 13.2 Å². The Balaban J connectivity index is 3.58. The molecule has 1 atom stereocenters. The highest BCUT2D eigenvalue weighted by atomic mass is 16.6. The summed E-state index contributed by atoms with van der Waals surface area (Å²) in [6.07, 6.45) is 92.4. The molecule has 406 valence electrons. The molecule has 0 rings (SSSR count). The first kappa shape index (κ1) is 67.8. The molecule has 0 heterocycles. The van der Waals surface area contributed by atoms with E-state index in [2.05, 4.69) is 160 Å². The summed E-state index contributed by atoms with van der Waals surface area (Å²) in [4.78, 5) is 24.5. The van der Waals surface area contributed by atoms with E-state index in [1.54, 1.807) is 0 Å². The SMILES string of the molecule is CC/C=C\C/C=C\C/C=C\C/C=C\C/C=C\C/C=C\C/C=C\C/C=C\C/C=C\CCCCCCCCCCCCCC(=O)OC(CO)COC(=O)CCCCCCCC/C=C\C/C=C\C/C=C\CCCCC. The van der Waals surface area contributed by atoms with Gasteiger partial charge in [0, 0.05) is 12.8 Å². The minimum Gasteiger partial charge on any atom is -0.462 e. The van der Waals surface area contributed by atoms with Crippen LogP contribution in [0.1, 0.15) is 245 Å². The zero-order chi connectivity index (χ0) is 52.0. The van der Waals surface area contributed by atoms with E-state index in [4.69, 9.17) is 9.47 Å². The van der Waals surface area contributed by atoms with Crippen molar-refractivity contribution in [1.29, 1.82) is 0 Å². The Morgan fingerprint density at radius 2 is 0.597 bits per heavy atom. The van der Waals surface area contributed by atoms with Crippen LogP contribution in [0.3, 0.4) is 0 Å². The molecule has 5 heteroatoms. The molecule has 0 aromatic rings. The maximum absolute atomic E-state index is 12.3. The molecule has 0 fully saturated rings. The molecule has 72 heavy (non-hydrogen) atoms. The number of aliphatic hydroxyl groups is 1. The number of carbonyl (C=O) groups excluding carboxylic acids is 2. The molecule has 1 N–H and O–H groups in total. The highest BCUT2D eigenvalue weighted by molar-refractivity contribution is 5.70. The Labute approximate surface area is 444 Å². The average Bonchev–Trinajstić information content (AvgIpc) is 3.38. The highest BCUT2D eigenvalue weighted by Crippen LogP contribution is 2.14. The van der Waals surface area contributed by atoms with E-state index in [1.165, 1.54) is 103 Å². The second-order valence-corrected chi connectivity index (χ2v) is 19.0. The Bertz CT molecular complexity index is 1540. The molecule has 0 saturated heterocycles. The predicted octanol–water partition coefficient (Wildman–Crippen LogP) is 20.2. The molecule has 5 nitrogen and oxygen atoms in total. The van der Waals surface area contributed by atoms with E-state index in [0.717, 1.165) is 116 Å². The molecule has 0 bridgehead atoms. The van der Waals surface area contributed by atoms with Gasteiger partial charge in [-0.25, -0.2) is 0 Å². The van der Waals surface area contributed by atoms with E-state index in [1.807, 2.05) is 0 Å². The lowest BCUT2D eigenvalue weighted by Crippen LogP contribution is -2.28. The van der Waals surface area contributed by atoms with Crippen LogP contribution in [-0.4, -0.2) is 36.4 Å². The molecule has 0 amide bonds. The van der Waals surface area contributed by atoms with Crippen LogP contribution in [0.4, 0.5) is 0 Å². The predicted molar refractivity (Wildman–Crippen MR) is 315 cm³/mol. The monoisotopic (exact) mass is 993 g/mol. The summed E-state index contributed by atoms with van der Waals surface area (Å²) in [5.74, 6) is -0.615. The van der Waals surface area contributed by atoms with Gasteiger partial charge in [0.15, 0.2) is 6.10 Å². The van der Waals surface area contributed by atoms with Gasteiger partial charge in [0.2, 0.25) is 0 Å². The van der Waals surface area contributed by atoms with Gasteiger partial charge in [-0.1, -0.05) is 256 Å². The van der Waals surface area contributed by atoms with E-state index in [0.29, 0.717) is 12.8 Å². The van der Waals surface area contributed by atoms with Gasteiger partial charge in [-0.3, -0.25) is 9.59 Å². The number of allylic oxidation sites excluding steroid dienone is 24. The number of esters is 2. The molecule has 0 saturated carbocycles. The fraction of sp³-hybridized carbons (Fsp3) is 0.612. The fourth-order valence-corrected chi connectivity index (χ4v) is 7.73. The third-order valence-corrected chi connectivity index (χ3v) is 12.1. The molecular weight excluding hydrogens is 885 g/mol. The van der Waals surface area contributed by atoms with Crippen LogP contribution >= 0.6 is 0 Å². The minimum atomic E-state index is -0.789. The normalized spacial score (nSPS) is 13.3. The summed E-state index contributed by atoms with van der Waals surface area (Å²) in [5.41, 5.74) is 0. The Hall–Kier alpha value is -4.22. The van der Waals surface area contributed by atoms with Gasteiger partial charge in [-0.2, -0.15) is 0 Å². The standard InChI is InChI=1S/C67H108O5/c1-3-5-7-9-11-13-15-17-19-21-23-24-25-26-27-28-29-30-31-32-33-34-35-36-37-38-39-40-41-42-44-46-48-50-52-54-56-58-60-62-67(70)72-65(63-68)64-71-66(69)61-59-57-55-53-51-49-47-45-43-22-20-18-16-14-12-10-8-6-4-2/h5,7,11-14,17-20,23-24,26-27,29-30,32-33,35-36,38-39,43,45,65,68H,3-4,6,8-10,15-16,21-22,25,28,31,34,37,40-42,44,46-64H2,1-2H3/b7-5-,13-11-,14-12-,19-17-,20-18-,24-23-,27-26-,30-29-,33-32-,36-35-,39-38-,45-43-. The molecule has 0 spiro atoms. The summed E-state index contributed by atoms with van der Waals surface area (Å²) < 4.78 is 10.7. The van der Waals surface area contributed by atoms with Crippen molar-refractivity contribution in [1.82, 2.24) is 0 Å². The number of aliphatic hydroxyl groups excluding tert-OH is 1. The summed E-state index contributed by atoms with van der Waals surface area (Å²) in [7, 11) is 0. The number of hydrogen-bond acceptors (Lipinski definition) is 5. The molecule has 0 aromatic carbocycles. The number of carbonyl (C=O) groups is 2. The highest BCUT2D eigenvalue weighted by Gasteiger charge is 2.16. The lowest BCUT2D eigenvalue weighted by Gasteiger charge is -2.15. The van der Waals surface area contributed by atoms with Gasteiger partial charge in [-0.05, 0) is 122 Å². The second-order valence-electron chi connectivity index (χ2n) is 19.0. The lowest BCUT2D eigenvalue weighted by atomic mass is 10.0. The van der Waals surface area contributed by atoms with Gasteiger partial charge in [0.1, 0.15) is 6.61 Å². The minimum absolute atomic E-state index is 0.0811. The van der Waals surface area contributed by atoms with Gasteiger partial charge < -0.3 is 14.6 Å². The van der Waals surface area contributed by atoms with Crippen molar-refractivity contribution < 1.29 is 24.2 Å². The number of hydrogen-bond donors (Lipinski definition) is 1. The lowest BCUT2D eigenvalue weighted by molar-refractivity contribution is -0.161. The average molecular weight is 994 g/mol. The number of unbranched alkanes of at least 4 members (excludes halogenated alkanes) is 20. The van der Waals surface area contributed by atoms with Crippen molar-refractivity contribution in [2.45, 2.75) is 251 Å². The molecule has 0 aromatic heterocycles. The van der Waals surface area contributed by atoms with Crippen LogP contribution in [0, 0.1) is 0 Å². The third kappa shape index (κ3) is 58.4. The molecule has 0 aliphatic carbocycles. The Kier molecular flexibility index (Phi) is 57.5. The van der Waals surface area contributed by atoms with E-state index >= 15 is 0 Å². The van der Waals surface area contributed by atoms with Crippen molar-refractivity contribution >= 4 is 11.9 Å². The van der Waals surface area contributed by atoms with Gasteiger partial charge in [0.05, 0.1) is 6.61 Å². The summed E-state index contributed by atoms with van der Waals surface area (Å²) in [5, 5.41) is 9.65. The van der Waals surface area contributed by atoms with E-state index in [-0.39, 0.29) is 25.2 Å². The van der Waals surface area contributed by atoms with Crippen LogP contribution in [0.2, 0.25) is 0 Å². The maximum Gasteiger partial charge on any atom is 0.306 e. The number of rotatable bonds is 52. The molecule has 0 aliphatic rings. The fourth-order valence-electron chi connectivity index (χ4n) is 7.73. The van der Waals surface area contributed by atoms with E-state index < -0.39 is 6.10 Å². The molecule has 1 unspecified atom stereocenters. The first-order valence-electron chi connectivity index (χ1n) is 29.4. The van der Waals surface area contributed by atoms with Crippen molar-refractivity contribution in [3.05, 3.63) is 146 Å². The largest absolute Gasteiger partial charge is 0.462 e. The van der Waals surface area contributed by atoms with Gasteiger partial charge in [-0.15, -0.1) is 0 Å². The van der Waals surface area contributed by atoms with Gasteiger partial charge in [0.25, 0.3) is 0 Å². The second kappa shape index (κ2) is 61.1. The zero-order valence-corrected chi connectivity index (χ0v) is 46.4. The smallest absolute Gasteiger partial charge is 0.306 e. The Morgan fingerprint density at radius 1 is 0.333 bits per heavy atom. The quantitative estimate of drug-likeness (QED) is 0.0373. The van der Waals surface area contributed by atoms with E-state index in [9.17, 15) is 14.7 Å². The Morgan fingerprint density at radius 3 is 0.903 bits per heavy atom. The first-order valence-corrected chi connectivity index (χ1v) is 29.4. The van der Waals surface area contributed by atoms with Crippen molar-refractivity contribution in [3.8, 4) is 0 Å². The zero-order valence-electron chi connectivity index (χ0n) is 46.4. The first-order chi connectivity index (χ1) is 35.6. The number of ether oxygens (including phenoxy) is 2. The van der Waals surface area contributed by atoms with Crippen LogP contribution in [0.25, 0.3) is 0 Å². The van der Waals surface area contributed by atoms with Crippen molar-refractivity contribution in [3.63, 3.8) is 0 Å². The molecule has 0 radical (unpaired) electrons.